The fourth-order valence-electron chi connectivity index (χ4n) is 3.73. The van der Waals surface area contributed by atoms with Gasteiger partial charge in [-0.15, -0.1) is 0 Å². The van der Waals surface area contributed by atoms with Crippen LogP contribution < -0.4 is 0 Å². The summed E-state index contributed by atoms with van der Waals surface area (Å²) in [5.41, 5.74) is -3.69. The summed E-state index contributed by atoms with van der Waals surface area (Å²) in [7, 11) is 0. The first kappa shape index (κ1) is 17.3. The average Bonchev–Trinajstić information content (AvgIpc) is 3.42. The number of alkyl halides is 3. The minimum Gasteiger partial charge on any atom is -0.376 e. The standard InChI is InChI=1S/C20H15ClF3NO/c21-16-7-5-14(6-8-16)18(9-10-18)19(26,20(22,23)24)15-11-13-3-1-2-4-17(13)25-12-15/h1-8,11-12,26H,9-10H2. The van der Waals surface area contributed by atoms with Gasteiger partial charge in [-0.05, 0) is 42.7 Å². The first-order chi connectivity index (χ1) is 12.3. The van der Waals surface area contributed by atoms with Gasteiger partial charge in [-0.25, -0.2) is 0 Å². The lowest BCUT2D eigenvalue weighted by atomic mass is 9.74. The summed E-state index contributed by atoms with van der Waals surface area (Å²) in [4.78, 5) is 4.13. The van der Waals surface area contributed by atoms with Crippen LogP contribution in [0.4, 0.5) is 13.2 Å². The largest absolute Gasteiger partial charge is 0.422 e. The van der Waals surface area contributed by atoms with Crippen molar-refractivity contribution >= 4 is 22.5 Å². The second kappa shape index (κ2) is 5.69. The summed E-state index contributed by atoms with van der Waals surface area (Å²) in [6, 6.07) is 14.5. The van der Waals surface area contributed by atoms with E-state index in [1.807, 2.05) is 0 Å². The van der Waals surface area contributed by atoms with Gasteiger partial charge in [0.25, 0.3) is 0 Å². The fraction of sp³-hybridized carbons (Fsp3) is 0.250. The van der Waals surface area contributed by atoms with Crippen LogP contribution in [0.3, 0.4) is 0 Å². The van der Waals surface area contributed by atoms with Crippen molar-refractivity contribution in [3.8, 4) is 0 Å². The number of benzene rings is 2. The van der Waals surface area contributed by atoms with E-state index in [1.54, 1.807) is 48.5 Å². The van der Waals surface area contributed by atoms with Gasteiger partial charge in [0.1, 0.15) is 0 Å². The Labute approximate surface area is 153 Å². The second-order valence-corrected chi connectivity index (χ2v) is 7.15. The number of hydrogen-bond acceptors (Lipinski definition) is 2. The molecular weight excluding hydrogens is 363 g/mol. The molecule has 1 aliphatic rings. The quantitative estimate of drug-likeness (QED) is 0.665. The summed E-state index contributed by atoms with van der Waals surface area (Å²) in [6.45, 7) is 0. The molecule has 1 atom stereocenters. The Morgan fingerprint density at radius 2 is 1.65 bits per heavy atom. The van der Waals surface area contributed by atoms with Gasteiger partial charge in [-0.3, -0.25) is 4.98 Å². The SMILES string of the molecule is OC(c1cnc2ccccc2c1)(C(F)(F)F)C1(c2ccc(Cl)cc2)CC1. The molecule has 0 radical (unpaired) electrons. The van der Waals surface area contributed by atoms with Crippen LogP contribution in [0.1, 0.15) is 24.0 Å². The molecule has 1 fully saturated rings. The highest BCUT2D eigenvalue weighted by molar-refractivity contribution is 6.30. The number of aromatic nitrogens is 1. The van der Waals surface area contributed by atoms with E-state index in [0.717, 1.165) is 6.20 Å². The van der Waals surface area contributed by atoms with E-state index in [4.69, 9.17) is 11.6 Å². The van der Waals surface area contributed by atoms with Gasteiger partial charge in [0, 0.05) is 27.6 Å². The molecule has 1 N–H and O–H groups in total. The monoisotopic (exact) mass is 377 g/mol. The number of para-hydroxylation sites is 1. The van der Waals surface area contributed by atoms with Crippen LogP contribution in [-0.4, -0.2) is 16.3 Å². The maximum atomic E-state index is 14.2. The minimum atomic E-state index is -4.85. The maximum Gasteiger partial charge on any atom is 0.422 e. The molecule has 1 aliphatic carbocycles. The van der Waals surface area contributed by atoms with Gasteiger partial charge < -0.3 is 5.11 Å². The van der Waals surface area contributed by atoms with Gasteiger partial charge in [0.05, 0.1) is 5.52 Å². The highest BCUT2D eigenvalue weighted by Crippen LogP contribution is 2.64. The molecule has 1 heterocycles. The molecule has 0 bridgehead atoms. The van der Waals surface area contributed by atoms with E-state index in [-0.39, 0.29) is 18.4 Å². The van der Waals surface area contributed by atoms with Crippen molar-refractivity contribution in [3.63, 3.8) is 0 Å². The van der Waals surface area contributed by atoms with E-state index >= 15 is 0 Å². The zero-order chi connectivity index (χ0) is 18.6. The van der Waals surface area contributed by atoms with Crippen LogP contribution in [-0.2, 0) is 11.0 Å². The van der Waals surface area contributed by atoms with E-state index in [9.17, 15) is 18.3 Å². The Balaban J connectivity index is 1.92. The van der Waals surface area contributed by atoms with Crippen LogP contribution in [0.2, 0.25) is 5.02 Å². The second-order valence-electron chi connectivity index (χ2n) is 6.71. The first-order valence-electron chi connectivity index (χ1n) is 8.18. The number of halogens is 4. The molecule has 0 spiro atoms. The van der Waals surface area contributed by atoms with Crippen molar-refractivity contribution in [1.82, 2.24) is 4.98 Å². The number of hydrogen-bond donors (Lipinski definition) is 1. The smallest absolute Gasteiger partial charge is 0.376 e. The number of nitrogens with zero attached hydrogens (tertiary/aromatic N) is 1. The molecule has 0 aliphatic heterocycles. The van der Waals surface area contributed by atoms with E-state index in [0.29, 0.717) is 21.5 Å². The topological polar surface area (TPSA) is 33.1 Å². The fourth-order valence-corrected chi connectivity index (χ4v) is 3.86. The molecule has 2 nitrogen and oxygen atoms in total. The molecule has 6 heteroatoms. The number of rotatable bonds is 3. The highest BCUT2D eigenvalue weighted by atomic mass is 35.5. The van der Waals surface area contributed by atoms with Gasteiger partial charge >= 0.3 is 6.18 Å². The van der Waals surface area contributed by atoms with Gasteiger partial charge in [0.15, 0.2) is 5.60 Å². The molecule has 0 amide bonds. The molecule has 4 rings (SSSR count). The molecule has 1 saturated carbocycles. The van der Waals surface area contributed by atoms with Crippen molar-refractivity contribution in [2.75, 3.05) is 0 Å². The Morgan fingerprint density at radius 1 is 1.00 bits per heavy atom. The molecular formula is C20H15ClF3NO. The molecule has 1 unspecified atom stereocenters. The Kier molecular flexibility index (Phi) is 3.79. The van der Waals surface area contributed by atoms with Crippen LogP contribution in [0, 0.1) is 0 Å². The summed E-state index contributed by atoms with van der Waals surface area (Å²) in [5, 5.41) is 12.1. The lowest BCUT2D eigenvalue weighted by Crippen LogP contribution is -2.52. The average molecular weight is 378 g/mol. The predicted molar refractivity (Wildman–Crippen MR) is 94.1 cm³/mol. The molecule has 1 aromatic heterocycles. The Bertz CT molecular complexity index is 967. The normalized spacial score (nSPS) is 18.5. The van der Waals surface area contributed by atoms with Crippen molar-refractivity contribution in [1.29, 1.82) is 0 Å². The predicted octanol–water partition coefficient (Wildman–Crippen LogP) is 5.37. The van der Waals surface area contributed by atoms with Gasteiger partial charge in [-0.1, -0.05) is 41.9 Å². The first-order valence-corrected chi connectivity index (χ1v) is 8.56. The number of pyridine rings is 1. The lowest BCUT2D eigenvalue weighted by Gasteiger charge is -2.39. The van der Waals surface area contributed by atoms with E-state index in [1.165, 1.54) is 6.07 Å². The van der Waals surface area contributed by atoms with Crippen LogP contribution >= 0.6 is 11.6 Å². The van der Waals surface area contributed by atoms with Crippen molar-refractivity contribution in [2.24, 2.45) is 0 Å². The molecule has 134 valence electrons. The van der Waals surface area contributed by atoms with Crippen molar-refractivity contribution in [2.45, 2.75) is 30.0 Å². The highest BCUT2D eigenvalue weighted by Gasteiger charge is 2.72. The maximum absolute atomic E-state index is 14.2. The lowest BCUT2D eigenvalue weighted by molar-refractivity contribution is -0.281. The van der Waals surface area contributed by atoms with Crippen molar-refractivity contribution < 1.29 is 18.3 Å². The zero-order valence-corrected chi connectivity index (χ0v) is 14.3. The number of aliphatic hydroxyl groups is 1. The summed E-state index contributed by atoms with van der Waals surface area (Å²) in [5.74, 6) is 0. The zero-order valence-electron chi connectivity index (χ0n) is 13.6. The summed E-state index contributed by atoms with van der Waals surface area (Å²) in [6.07, 6.45) is -3.26. The van der Waals surface area contributed by atoms with Crippen LogP contribution in [0.25, 0.3) is 10.9 Å². The van der Waals surface area contributed by atoms with E-state index in [2.05, 4.69) is 4.98 Å². The third-order valence-electron chi connectivity index (χ3n) is 5.26. The third kappa shape index (κ3) is 2.42. The van der Waals surface area contributed by atoms with Gasteiger partial charge in [-0.2, -0.15) is 13.2 Å². The molecule has 0 saturated heterocycles. The number of fused-ring (bicyclic) bond motifs is 1. The molecule has 26 heavy (non-hydrogen) atoms. The van der Waals surface area contributed by atoms with Crippen LogP contribution in [0.5, 0.6) is 0 Å². The summed E-state index contributed by atoms with van der Waals surface area (Å²) < 4.78 is 42.6. The third-order valence-corrected chi connectivity index (χ3v) is 5.51. The van der Waals surface area contributed by atoms with E-state index < -0.39 is 17.2 Å². The Hall–Kier alpha value is -2.11. The molecule has 3 aromatic rings. The minimum absolute atomic E-state index is 0.234. The van der Waals surface area contributed by atoms with Crippen LogP contribution in [0.15, 0.2) is 60.8 Å². The summed E-state index contributed by atoms with van der Waals surface area (Å²) >= 11 is 5.87. The molecule has 2 aromatic carbocycles. The van der Waals surface area contributed by atoms with Crippen molar-refractivity contribution in [3.05, 3.63) is 76.9 Å². The Morgan fingerprint density at radius 3 is 2.27 bits per heavy atom. The van der Waals surface area contributed by atoms with Gasteiger partial charge in [0.2, 0.25) is 0 Å².